The van der Waals surface area contributed by atoms with Crippen molar-refractivity contribution in [3.05, 3.63) is 41.6 Å². The number of nitrogens with zero attached hydrogens (tertiary/aromatic N) is 3. The zero-order chi connectivity index (χ0) is 13.2. The molecule has 0 radical (unpaired) electrons. The molecule has 0 saturated heterocycles. The maximum Gasteiger partial charge on any atom is 0.138 e. The van der Waals surface area contributed by atoms with Gasteiger partial charge in [-0.2, -0.15) is 0 Å². The van der Waals surface area contributed by atoms with Crippen molar-refractivity contribution in [1.82, 2.24) is 9.38 Å². The van der Waals surface area contributed by atoms with Gasteiger partial charge in [-0.3, -0.25) is 9.39 Å². The lowest BCUT2D eigenvalue weighted by Crippen LogP contribution is -2.23. The highest BCUT2D eigenvalue weighted by Crippen LogP contribution is 2.18. The van der Waals surface area contributed by atoms with Gasteiger partial charge in [0.1, 0.15) is 11.1 Å². The third-order valence-electron chi connectivity index (χ3n) is 2.85. The molecule has 0 atom stereocenters. The Labute approximate surface area is 108 Å². The molecular weight excluding hydrogens is 222 g/mol. The number of pyridine rings is 1. The van der Waals surface area contributed by atoms with Gasteiger partial charge < -0.3 is 0 Å². The Balaban J connectivity index is 2.73. The molecule has 2 heterocycles. The molecule has 3 nitrogen and oxygen atoms in total. The first-order chi connectivity index (χ1) is 8.52. The molecule has 2 aromatic heterocycles. The molecule has 0 amide bonds. The van der Waals surface area contributed by atoms with Gasteiger partial charge in [0.15, 0.2) is 0 Å². The molecular formula is C15H21N3. The van der Waals surface area contributed by atoms with Gasteiger partial charge >= 0.3 is 0 Å². The van der Waals surface area contributed by atoms with Crippen LogP contribution in [0.15, 0.2) is 35.5 Å². The molecule has 0 saturated carbocycles. The van der Waals surface area contributed by atoms with Gasteiger partial charge in [0, 0.05) is 24.2 Å². The van der Waals surface area contributed by atoms with Crippen LogP contribution in [0, 0.1) is 0 Å². The molecule has 0 unspecified atom stereocenters. The second-order valence-corrected chi connectivity index (χ2v) is 5.56. The van der Waals surface area contributed by atoms with Crippen LogP contribution in [0.25, 0.3) is 5.65 Å². The summed E-state index contributed by atoms with van der Waals surface area (Å²) >= 11 is 0. The van der Waals surface area contributed by atoms with Crippen LogP contribution in [0.5, 0.6) is 0 Å². The minimum atomic E-state index is 0.0427. The summed E-state index contributed by atoms with van der Waals surface area (Å²) in [6, 6.07) is 8.15. The Hall–Kier alpha value is -1.64. The van der Waals surface area contributed by atoms with Crippen LogP contribution < -0.4 is 5.49 Å². The van der Waals surface area contributed by atoms with E-state index in [1.807, 2.05) is 28.8 Å². The van der Waals surface area contributed by atoms with Gasteiger partial charge in [-0.05, 0) is 18.6 Å². The highest BCUT2D eigenvalue weighted by molar-refractivity contribution is 5.39. The number of hydrogen-bond acceptors (Lipinski definition) is 2. The normalized spacial score (nSPS) is 13.2. The lowest BCUT2D eigenvalue weighted by molar-refractivity contribution is 0.566. The van der Waals surface area contributed by atoms with Crippen molar-refractivity contribution >= 4 is 5.65 Å². The predicted octanol–water partition coefficient (Wildman–Crippen LogP) is 2.94. The van der Waals surface area contributed by atoms with E-state index in [4.69, 9.17) is 4.98 Å². The van der Waals surface area contributed by atoms with Gasteiger partial charge in [0.2, 0.25) is 0 Å². The standard InChI is InChI=1S/C15H21N3/c1-5-9-16-14-11-12(15(2,3)4)17-13-8-6-7-10-18(13)14/h6-8,10-11H,5,9H2,1-4H3. The van der Waals surface area contributed by atoms with E-state index in [2.05, 4.69) is 38.8 Å². The van der Waals surface area contributed by atoms with Crippen LogP contribution >= 0.6 is 0 Å². The van der Waals surface area contributed by atoms with Crippen LogP contribution in [-0.4, -0.2) is 15.9 Å². The van der Waals surface area contributed by atoms with E-state index in [0.29, 0.717) is 0 Å². The molecule has 3 heteroatoms. The maximum absolute atomic E-state index is 4.72. The quantitative estimate of drug-likeness (QED) is 0.797. The number of rotatable bonds is 2. The average molecular weight is 243 g/mol. The maximum atomic E-state index is 4.72. The van der Waals surface area contributed by atoms with E-state index in [0.717, 1.165) is 29.8 Å². The smallest absolute Gasteiger partial charge is 0.138 e. The Morgan fingerprint density at radius 2 is 2.06 bits per heavy atom. The third-order valence-corrected chi connectivity index (χ3v) is 2.85. The molecule has 0 spiro atoms. The Kier molecular flexibility index (Phi) is 3.50. The van der Waals surface area contributed by atoms with E-state index >= 15 is 0 Å². The molecule has 0 aliphatic rings. The van der Waals surface area contributed by atoms with E-state index in [-0.39, 0.29) is 5.41 Å². The van der Waals surface area contributed by atoms with Gasteiger partial charge in [0.05, 0.1) is 5.69 Å². The van der Waals surface area contributed by atoms with Crippen molar-refractivity contribution in [2.75, 3.05) is 6.54 Å². The minimum absolute atomic E-state index is 0.0427. The molecule has 18 heavy (non-hydrogen) atoms. The predicted molar refractivity (Wildman–Crippen MR) is 74.6 cm³/mol. The zero-order valence-electron chi connectivity index (χ0n) is 11.6. The monoisotopic (exact) mass is 243 g/mol. The summed E-state index contributed by atoms with van der Waals surface area (Å²) in [5.74, 6) is 0. The number of aromatic nitrogens is 2. The fourth-order valence-electron chi connectivity index (χ4n) is 1.80. The van der Waals surface area contributed by atoms with Crippen LogP contribution in [-0.2, 0) is 5.41 Å². The second kappa shape index (κ2) is 4.92. The first kappa shape index (κ1) is 12.8. The van der Waals surface area contributed by atoms with Crippen molar-refractivity contribution in [3.8, 4) is 0 Å². The van der Waals surface area contributed by atoms with Gasteiger partial charge in [-0.1, -0.05) is 33.8 Å². The number of fused-ring (bicyclic) bond motifs is 1. The van der Waals surface area contributed by atoms with Gasteiger partial charge in [-0.15, -0.1) is 0 Å². The van der Waals surface area contributed by atoms with Crippen molar-refractivity contribution in [2.45, 2.75) is 39.5 Å². The minimum Gasteiger partial charge on any atom is -0.286 e. The summed E-state index contributed by atoms with van der Waals surface area (Å²) in [7, 11) is 0. The van der Waals surface area contributed by atoms with Crippen molar-refractivity contribution in [3.63, 3.8) is 0 Å². The van der Waals surface area contributed by atoms with E-state index < -0.39 is 0 Å². The van der Waals surface area contributed by atoms with Crippen molar-refractivity contribution in [2.24, 2.45) is 4.99 Å². The summed E-state index contributed by atoms with van der Waals surface area (Å²) in [6.45, 7) is 9.53. The highest BCUT2D eigenvalue weighted by Gasteiger charge is 2.16. The van der Waals surface area contributed by atoms with Crippen molar-refractivity contribution < 1.29 is 0 Å². The van der Waals surface area contributed by atoms with Crippen LogP contribution in [0.2, 0.25) is 0 Å². The molecule has 0 aliphatic carbocycles. The lowest BCUT2D eigenvalue weighted by Gasteiger charge is -2.18. The summed E-state index contributed by atoms with van der Waals surface area (Å²) in [5, 5.41) is 0. The first-order valence-electron chi connectivity index (χ1n) is 6.52. The van der Waals surface area contributed by atoms with Gasteiger partial charge in [0.25, 0.3) is 0 Å². The van der Waals surface area contributed by atoms with E-state index in [1.165, 1.54) is 0 Å². The van der Waals surface area contributed by atoms with E-state index in [9.17, 15) is 0 Å². The molecule has 0 aromatic carbocycles. The van der Waals surface area contributed by atoms with Crippen LogP contribution in [0.4, 0.5) is 0 Å². The molecule has 0 N–H and O–H groups in total. The highest BCUT2D eigenvalue weighted by atomic mass is 15.0. The van der Waals surface area contributed by atoms with Crippen LogP contribution in [0.3, 0.4) is 0 Å². The second-order valence-electron chi connectivity index (χ2n) is 5.56. The summed E-state index contributed by atoms with van der Waals surface area (Å²) in [5.41, 5.74) is 3.08. The Morgan fingerprint density at radius 3 is 2.72 bits per heavy atom. The summed E-state index contributed by atoms with van der Waals surface area (Å²) in [4.78, 5) is 9.37. The van der Waals surface area contributed by atoms with E-state index in [1.54, 1.807) is 0 Å². The summed E-state index contributed by atoms with van der Waals surface area (Å²) in [6.07, 6.45) is 3.07. The SMILES string of the molecule is CCCN=c1cc(C(C)(C)C)nc2ccccn12. The van der Waals surface area contributed by atoms with Gasteiger partial charge in [-0.25, -0.2) is 4.98 Å². The average Bonchev–Trinajstić information content (AvgIpc) is 2.34. The lowest BCUT2D eigenvalue weighted by atomic mass is 9.92. The fraction of sp³-hybridized carbons (Fsp3) is 0.467. The van der Waals surface area contributed by atoms with Crippen LogP contribution in [0.1, 0.15) is 39.8 Å². The summed E-state index contributed by atoms with van der Waals surface area (Å²) < 4.78 is 2.05. The fourth-order valence-corrected chi connectivity index (χ4v) is 1.80. The van der Waals surface area contributed by atoms with Crippen molar-refractivity contribution in [1.29, 1.82) is 0 Å². The Bertz CT molecular complexity index is 603. The molecule has 0 bridgehead atoms. The molecule has 2 aromatic rings. The zero-order valence-corrected chi connectivity index (χ0v) is 11.6. The topological polar surface area (TPSA) is 29.7 Å². The molecule has 2 rings (SSSR count). The third kappa shape index (κ3) is 2.61. The molecule has 0 aliphatic heterocycles. The molecule has 0 fully saturated rings. The number of hydrogen-bond donors (Lipinski definition) is 0. The largest absolute Gasteiger partial charge is 0.286 e. The first-order valence-corrected chi connectivity index (χ1v) is 6.52. The Morgan fingerprint density at radius 1 is 1.28 bits per heavy atom. The molecule has 96 valence electrons.